The SMILES string of the molecule is C#CCn1nc(-c2ccncc2)cc1CCl. The van der Waals surface area contributed by atoms with Crippen molar-refractivity contribution in [1.29, 1.82) is 0 Å². The number of alkyl halides is 1. The molecule has 0 saturated heterocycles. The van der Waals surface area contributed by atoms with Gasteiger partial charge in [-0.05, 0) is 18.2 Å². The van der Waals surface area contributed by atoms with Gasteiger partial charge in [0.2, 0.25) is 0 Å². The quantitative estimate of drug-likeness (QED) is 0.600. The maximum absolute atomic E-state index is 5.83. The van der Waals surface area contributed by atoms with Crippen LogP contribution in [-0.2, 0) is 12.4 Å². The number of terminal acetylenes is 1. The molecule has 0 saturated carbocycles. The van der Waals surface area contributed by atoms with E-state index in [-0.39, 0.29) is 0 Å². The van der Waals surface area contributed by atoms with Crippen LogP contribution < -0.4 is 0 Å². The molecule has 0 aromatic carbocycles. The van der Waals surface area contributed by atoms with Gasteiger partial charge in [0.1, 0.15) is 6.54 Å². The van der Waals surface area contributed by atoms with E-state index in [1.807, 2.05) is 18.2 Å². The van der Waals surface area contributed by atoms with E-state index in [9.17, 15) is 0 Å². The summed E-state index contributed by atoms with van der Waals surface area (Å²) in [6, 6.07) is 5.75. The maximum atomic E-state index is 5.83. The van der Waals surface area contributed by atoms with Crippen LogP contribution in [0.5, 0.6) is 0 Å². The standard InChI is InChI=1S/C12H10ClN3/c1-2-7-16-11(9-13)8-12(15-16)10-3-5-14-6-4-10/h1,3-6,8H,7,9H2. The van der Waals surface area contributed by atoms with E-state index in [2.05, 4.69) is 16.0 Å². The van der Waals surface area contributed by atoms with E-state index in [4.69, 9.17) is 18.0 Å². The van der Waals surface area contributed by atoms with Gasteiger partial charge in [0, 0.05) is 18.0 Å². The van der Waals surface area contributed by atoms with Crippen molar-refractivity contribution in [3.8, 4) is 23.6 Å². The molecule has 80 valence electrons. The summed E-state index contributed by atoms with van der Waals surface area (Å²) in [5.41, 5.74) is 2.80. The largest absolute Gasteiger partial charge is 0.265 e. The van der Waals surface area contributed by atoms with Crippen molar-refractivity contribution in [1.82, 2.24) is 14.8 Å². The fraction of sp³-hybridized carbons (Fsp3) is 0.167. The molecule has 0 aliphatic rings. The van der Waals surface area contributed by atoms with Crippen LogP contribution >= 0.6 is 11.6 Å². The lowest BCUT2D eigenvalue weighted by atomic mass is 10.2. The molecule has 0 aliphatic carbocycles. The van der Waals surface area contributed by atoms with Gasteiger partial charge in [0.25, 0.3) is 0 Å². The van der Waals surface area contributed by atoms with Crippen molar-refractivity contribution in [3.63, 3.8) is 0 Å². The fourth-order valence-corrected chi connectivity index (χ4v) is 1.67. The lowest BCUT2D eigenvalue weighted by Crippen LogP contribution is -2.01. The molecule has 3 nitrogen and oxygen atoms in total. The van der Waals surface area contributed by atoms with Gasteiger partial charge in [0.05, 0.1) is 17.3 Å². The van der Waals surface area contributed by atoms with E-state index in [1.54, 1.807) is 17.1 Å². The Kier molecular flexibility index (Phi) is 3.23. The third-order valence-corrected chi connectivity index (χ3v) is 2.49. The Morgan fingerprint density at radius 3 is 2.75 bits per heavy atom. The van der Waals surface area contributed by atoms with Crippen molar-refractivity contribution in [2.75, 3.05) is 0 Å². The predicted molar refractivity (Wildman–Crippen MR) is 63.8 cm³/mol. The smallest absolute Gasteiger partial charge is 0.102 e. The van der Waals surface area contributed by atoms with E-state index in [0.717, 1.165) is 17.0 Å². The second-order valence-corrected chi connectivity index (χ2v) is 3.52. The Morgan fingerprint density at radius 1 is 1.38 bits per heavy atom. The minimum atomic E-state index is 0.403. The van der Waals surface area contributed by atoms with Crippen molar-refractivity contribution < 1.29 is 0 Å². The first-order valence-electron chi connectivity index (χ1n) is 4.81. The zero-order chi connectivity index (χ0) is 11.4. The van der Waals surface area contributed by atoms with E-state index >= 15 is 0 Å². The summed E-state index contributed by atoms with van der Waals surface area (Å²) in [5, 5.41) is 4.40. The highest BCUT2D eigenvalue weighted by molar-refractivity contribution is 6.16. The average Bonchev–Trinajstić information content (AvgIpc) is 2.74. The summed E-state index contributed by atoms with van der Waals surface area (Å²) in [6.07, 6.45) is 8.73. The Bertz CT molecular complexity index is 511. The molecule has 16 heavy (non-hydrogen) atoms. The lowest BCUT2D eigenvalue weighted by molar-refractivity contribution is 0.689. The van der Waals surface area contributed by atoms with Gasteiger partial charge in [-0.1, -0.05) is 5.92 Å². The Hall–Kier alpha value is -1.79. The molecular weight excluding hydrogens is 222 g/mol. The topological polar surface area (TPSA) is 30.7 Å². The summed E-state index contributed by atoms with van der Waals surface area (Å²) in [6.45, 7) is 0.438. The van der Waals surface area contributed by atoms with Crippen LogP contribution in [0.1, 0.15) is 5.69 Å². The van der Waals surface area contributed by atoms with Gasteiger partial charge in [-0.25, -0.2) is 0 Å². The van der Waals surface area contributed by atoms with Gasteiger partial charge in [-0.15, -0.1) is 18.0 Å². The molecule has 2 aromatic heterocycles. The molecule has 0 radical (unpaired) electrons. The fourth-order valence-electron chi connectivity index (χ4n) is 1.45. The van der Waals surface area contributed by atoms with Gasteiger partial charge in [-0.2, -0.15) is 5.10 Å². The zero-order valence-electron chi connectivity index (χ0n) is 8.60. The number of hydrogen-bond donors (Lipinski definition) is 0. The van der Waals surface area contributed by atoms with E-state index < -0.39 is 0 Å². The molecule has 0 amide bonds. The Morgan fingerprint density at radius 2 is 2.12 bits per heavy atom. The molecule has 0 aliphatic heterocycles. The summed E-state index contributed by atoms with van der Waals surface area (Å²) in [4.78, 5) is 3.96. The first-order valence-corrected chi connectivity index (χ1v) is 5.35. The van der Waals surface area contributed by atoms with Crippen molar-refractivity contribution >= 4 is 11.6 Å². The van der Waals surface area contributed by atoms with Gasteiger partial charge < -0.3 is 0 Å². The number of halogens is 1. The molecule has 4 heteroatoms. The van der Waals surface area contributed by atoms with E-state index in [1.165, 1.54) is 0 Å². The molecule has 0 fully saturated rings. The number of nitrogens with zero attached hydrogens (tertiary/aromatic N) is 3. The summed E-state index contributed by atoms with van der Waals surface area (Å²) >= 11 is 5.83. The monoisotopic (exact) mass is 231 g/mol. The second kappa shape index (κ2) is 4.82. The number of pyridine rings is 1. The molecule has 0 unspecified atom stereocenters. The summed E-state index contributed by atoms with van der Waals surface area (Å²) in [7, 11) is 0. The van der Waals surface area contributed by atoms with Gasteiger partial charge in [-0.3, -0.25) is 9.67 Å². The molecular formula is C12H10ClN3. The van der Waals surface area contributed by atoms with Gasteiger partial charge in [0.15, 0.2) is 0 Å². The van der Waals surface area contributed by atoms with Crippen LogP contribution in [-0.4, -0.2) is 14.8 Å². The maximum Gasteiger partial charge on any atom is 0.102 e. The minimum absolute atomic E-state index is 0.403. The summed E-state index contributed by atoms with van der Waals surface area (Å²) < 4.78 is 1.74. The van der Waals surface area contributed by atoms with Crippen LogP contribution in [0.2, 0.25) is 0 Å². The average molecular weight is 232 g/mol. The lowest BCUT2D eigenvalue weighted by Gasteiger charge is -1.98. The zero-order valence-corrected chi connectivity index (χ0v) is 9.35. The molecule has 0 bridgehead atoms. The Balaban J connectivity index is 2.41. The second-order valence-electron chi connectivity index (χ2n) is 3.25. The third-order valence-electron chi connectivity index (χ3n) is 2.22. The molecule has 0 spiro atoms. The third kappa shape index (κ3) is 2.07. The molecule has 0 N–H and O–H groups in total. The number of rotatable bonds is 3. The van der Waals surface area contributed by atoms with Crippen molar-refractivity contribution in [2.45, 2.75) is 12.4 Å². The highest BCUT2D eigenvalue weighted by Crippen LogP contribution is 2.19. The highest BCUT2D eigenvalue weighted by Gasteiger charge is 2.07. The highest BCUT2D eigenvalue weighted by atomic mass is 35.5. The van der Waals surface area contributed by atoms with Crippen LogP contribution in [0.25, 0.3) is 11.3 Å². The van der Waals surface area contributed by atoms with Gasteiger partial charge >= 0.3 is 0 Å². The first-order chi connectivity index (χ1) is 7.85. The minimum Gasteiger partial charge on any atom is -0.265 e. The summed E-state index contributed by atoms with van der Waals surface area (Å²) in [5.74, 6) is 2.96. The predicted octanol–water partition coefficient (Wildman–Crippen LogP) is 2.32. The van der Waals surface area contributed by atoms with Crippen LogP contribution in [0.3, 0.4) is 0 Å². The van der Waals surface area contributed by atoms with Crippen LogP contribution in [0.4, 0.5) is 0 Å². The first kappa shape index (κ1) is 10.7. The van der Waals surface area contributed by atoms with E-state index in [0.29, 0.717) is 12.4 Å². The van der Waals surface area contributed by atoms with Crippen LogP contribution in [0, 0.1) is 12.3 Å². The number of aromatic nitrogens is 3. The van der Waals surface area contributed by atoms with Crippen molar-refractivity contribution in [3.05, 3.63) is 36.3 Å². The molecule has 0 atom stereocenters. The van der Waals surface area contributed by atoms with Crippen molar-refractivity contribution in [2.24, 2.45) is 0 Å². The normalized spacial score (nSPS) is 10.0. The molecule has 2 heterocycles. The number of hydrogen-bond acceptors (Lipinski definition) is 2. The molecule has 2 rings (SSSR count). The molecule has 2 aromatic rings. The van der Waals surface area contributed by atoms with Crippen LogP contribution in [0.15, 0.2) is 30.6 Å². The Labute approximate surface area is 99.1 Å².